The third kappa shape index (κ3) is 4.60. The zero-order chi connectivity index (χ0) is 15.2. The van der Waals surface area contributed by atoms with Crippen molar-refractivity contribution in [3.63, 3.8) is 0 Å². The topological polar surface area (TPSA) is 41.1 Å². The fourth-order valence-corrected chi connectivity index (χ4v) is 2.09. The van der Waals surface area contributed by atoms with Gasteiger partial charge in [0, 0.05) is 12.2 Å². The summed E-state index contributed by atoms with van der Waals surface area (Å²) in [7, 11) is 0. The number of aryl methyl sites for hydroxylation is 2. The first kappa shape index (κ1) is 15.0. The number of nitrogens with one attached hydrogen (secondary N) is 2. The van der Waals surface area contributed by atoms with Gasteiger partial charge >= 0.3 is 6.03 Å². The highest BCUT2D eigenvalue weighted by Gasteiger charge is 2.03. The maximum atomic E-state index is 13.1. The van der Waals surface area contributed by atoms with Crippen molar-refractivity contribution >= 4 is 11.7 Å². The number of carbonyl (C=O) groups is 1. The van der Waals surface area contributed by atoms with E-state index in [9.17, 15) is 9.18 Å². The van der Waals surface area contributed by atoms with Crippen LogP contribution in [0.3, 0.4) is 0 Å². The third-order valence-electron chi connectivity index (χ3n) is 3.20. The van der Waals surface area contributed by atoms with E-state index in [0.717, 1.165) is 6.42 Å². The molecule has 0 aliphatic carbocycles. The van der Waals surface area contributed by atoms with Gasteiger partial charge < -0.3 is 10.6 Å². The fourth-order valence-electron chi connectivity index (χ4n) is 2.09. The zero-order valence-corrected chi connectivity index (χ0v) is 12.2. The summed E-state index contributed by atoms with van der Waals surface area (Å²) in [5.74, 6) is -0.277. The molecule has 0 atom stereocenters. The first-order valence-corrected chi connectivity index (χ1v) is 6.91. The van der Waals surface area contributed by atoms with Crippen LogP contribution in [-0.2, 0) is 6.42 Å². The van der Waals surface area contributed by atoms with E-state index in [-0.39, 0.29) is 11.8 Å². The molecular formula is C17H19FN2O. The van der Waals surface area contributed by atoms with E-state index in [1.165, 1.54) is 17.2 Å². The number of urea groups is 1. The molecule has 0 saturated heterocycles. The molecule has 0 aliphatic heterocycles. The minimum atomic E-state index is -0.284. The van der Waals surface area contributed by atoms with Crippen LogP contribution in [0.25, 0.3) is 0 Å². The van der Waals surface area contributed by atoms with Gasteiger partial charge in [0.1, 0.15) is 5.82 Å². The summed E-state index contributed by atoms with van der Waals surface area (Å²) in [5, 5.41) is 5.48. The molecular weight excluding hydrogens is 267 g/mol. The number of anilines is 1. The second-order valence-electron chi connectivity index (χ2n) is 5.08. The van der Waals surface area contributed by atoms with Crippen molar-refractivity contribution in [1.82, 2.24) is 5.32 Å². The first-order chi connectivity index (χ1) is 10.0. The van der Waals surface area contributed by atoms with Gasteiger partial charge in [-0.3, -0.25) is 0 Å². The molecule has 0 spiro atoms. The Kier molecular flexibility index (Phi) is 4.93. The molecule has 0 saturated carbocycles. The van der Waals surface area contributed by atoms with Crippen LogP contribution in [0, 0.1) is 19.7 Å². The lowest BCUT2D eigenvalue weighted by Gasteiger charge is -2.09. The van der Waals surface area contributed by atoms with Crippen LogP contribution in [0.5, 0.6) is 0 Å². The van der Waals surface area contributed by atoms with Crippen molar-refractivity contribution in [2.45, 2.75) is 20.3 Å². The number of amides is 2. The Morgan fingerprint density at radius 1 is 1.14 bits per heavy atom. The predicted octanol–water partition coefficient (Wildman–Crippen LogP) is 3.81. The van der Waals surface area contributed by atoms with Gasteiger partial charge in [0.25, 0.3) is 0 Å². The predicted molar refractivity (Wildman–Crippen MR) is 83.0 cm³/mol. The van der Waals surface area contributed by atoms with Gasteiger partial charge in [0.2, 0.25) is 0 Å². The molecule has 3 nitrogen and oxygen atoms in total. The third-order valence-corrected chi connectivity index (χ3v) is 3.20. The lowest BCUT2D eigenvalue weighted by Crippen LogP contribution is -2.30. The van der Waals surface area contributed by atoms with Crippen molar-refractivity contribution < 1.29 is 9.18 Å². The Bertz CT molecular complexity index is 640. The molecule has 4 heteroatoms. The summed E-state index contributed by atoms with van der Waals surface area (Å²) in [5.41, 5.74) is 3.49. The summed E-state index contributed by atoms with van der Waals surface area (Å²) in [6.45, 7) is 4.26. The van der Waals surface area contributed by atoms with E-state index in [4.69, 9.17) is 0 Å². The normalized spacial score (nSPS) is 10.2. The van der Waals surface area contributed by atoms with E-state index < -0.39 is 0 Å². The van der Waals surface area contributed by atoms with E-state index >= 15 is 0 Å². The van der Waals surface area contributed by atoms with Crippen molar-refractivity contribution in [3.8, 4) is 0 Å². The van der Waals surface area contributed by atoms with Crippen molar-refractivity contribution in [2.75, 3.05) is 11.9 Å². The van der Waals surface area contributed by atoms with Crippen LogP contribution in [0.2, 0.25) is 0 Å². The molecule has 2 aromatic carbocycles. The van der Waals surface area contributed by atoms with Gasteiger partial charge in [-0.25, -0.2) is 9.18 Å². The molecule has 0 radical (unpaired) electrons. The van der Waals surface area contributed by atoms with Crippen LogP contribution < -0.4 is 10.6 Å². The molecule has 0 aliphatic rings. The maximum absolute atomic E-state index is 13.1. The number of benzene rings is 2. The summed E-state index contributed by atoms with van der Waals surface area (Å²) in [4.78, 5) is 11.7. The van der Waals surface area contributed by atoms with Crippen molar-refractivity contribution in [1.29, 1.82) is 0 Å². The minimum Gasteiger partial charge on any atom is -0.338 e. The zero-order valence-electron chi connectivity index (χ0n) is 12.2. The van der Waals surface area contributed by atoms with Crippen LogP contribution in [-0.4, -0.2) is 12.6 Å². The number of rotatable bonds is 4. The molecule has 0 unspecified atom stereocenters. The smallest absolute Gasteiger partial charge is 0.319 e. The standard InChI is InChI=1S/C17H19FN2O/c1-12-4-3-5-14(10-12)8-9-19-17(21)20-15-6-7-16(18)13(2)11-15/h3-7,10-11H,8-9H2,1-2H3,(H2,19,20,21). The lowest BCUT2D eigenvalue weighted by molar-refractivity contribution is 0.252. The fraction of sp³-hybridized carbons (Fsp3) is 0.235. The molecule has 0 fully saturated rings. The highest BCUT2D eigenvalue weighted by Crippen LogP contribution is 2.13. The lowest BCUT2D eigenvalue weighted by atomic mass is 10.1. The summed E-state index contributed by atoms with van der Waals surface area (Å²) >= 11 is 0. The van der Waals surface area contributed by atoms with Gasteiger partial charge in [-0.1, -0.05) is 29.8 Å². The Morgan fingerprint density at radius 3 is 2.67 bits per heavy atom. The van der Waals surface area contributed by atoms with Gasteiger partial charge in [0.15, 0.2) is 0 Å². The summed E-state index contributed by atoms with van der Waals surface area (Å²) in [6, 6.07) is 12.4. The summed E-state index contributed by atoms with van der Waals surface area (Å²) < 4.78 is 13.1. The number of halogens is 1. The Labute approximate surface area is 124 Å². The Balaban J connectivity index is 1.81. The molecule has 0 heterocycles. The molecule has 0 aromatic heterocycles. The largest absolute Gasteiger partial charge is 0.338 e. The number of hydrogen-bond donors (Lipinski definition) is 2. The van der Waals surface area contributed by atoms with Gasteiger partial charge in [0.05, 0.1) is 0 Å². The van der Waals surface area contributed by atoms with E-state index in [0.29, 0.717) is 17.8 Å². The average Bonchev–Trinajstić information content (AvgIpc) is 2.43. The average molecular weight is 286 g/mol. The highest BCUT2D eigenvalue weighted by molar-refractivity contribution is 5.89. The molecule has 2 aromatic rings. The second-order valence-corrected chi connectivity index (χ2v) is 5.08. The molecule has 2 amide bonds. The van der Waals surface area contributed by atoms with Crippen molar-refractivity contribution in [2.24, 2.45) is 0 Å². The van der Waals surface area contributed by atoms with Gasteiger partial charge in [-0.15, -0.1) is 0 Å². The molecule has 0 bridgehead atoms. The monoisotopic (exact) mass is 286 g/mol. The van der Waals surface area contributed by atoms with E-state index in [1.807, 2.05) is 25.1 Å². The second kappa shape index (κ2) is 6.88. The van der Waals surface area contributed by atoms with E-state index in [1.54, 1.807) is 19.1 Å². The SMILES string of the molecule is Cc1cccc(CCNC(=O)Nc2ccc(F)c(C)c2)c1. The maximum Gasteiger partial charge on any atom is 0.319 e. The van der Waals surface area contributed by atoms with Crippen LogP contribution in [0.15, 0.2) is 42.5 Å². The van der Waals surface area contributed by atoms with Crippen LogP contribution in [0.4, 0.5) is 14.9 Å². The van der Waals surface area contributed by atoms with E-state index in [2.05, 4.69) is 16.7 Å². The minimum absolute atomic E-state index is 0.277. The molecule has 21 heavy (non-hydrogen) atoms. The molecule has 2 N–H and O–H groups in total. The number of hydrogen-bond acceptors (Lipinski definition) is 1. The molecule has 2 rings (SSSR count). The Morgan fingerprint density at radius 2 is 1.95 bits per heavy atom. The first-order valence-electron chi connectivity index (χ1n) is 6.91. The van der Waals surface area contributed by atoms with Gasteiger partial charge in [-0.05, 0) is 49.6 Å². The quantitative estimate of drug-likeness (QED) is 0.881. The van der Waals surface area contributed by atoms with Gasteiger partial charge in [-0.2, -0.15) is 0 Å². The van der Waals surface area contributed by atoms with Crippen molar-refractivity contribution in [3.05, 3.63) is 65.0 Å². The summed E-state index contributed by atoms with van der Waals surface area (Å²) in [6.07, 6.45) is 0.775. The Hall–Kier alpha value is -2.36. The molecule has 110 valence electrons. The van der Waals surface area contributed by atoms with Crippen LogP contribution in [0.1, 0.15) is 16.7 Å². The highest BCUT2D eigenvalue weighted by atomic mass is 19.1. The van der Waals surface area contributed by atoms with Crippen LogP contribution >= 0.6 is 0 Å². The number of carbonyl (C=O) groups excluding carboxylic acids is 1.